The standard InChI is InChI=1S/C14H20N4/c1-9-5-3-4-6-12(9)18-14-11-7-10(2)17-13(11)15-8-16-14/h7-9,12H,3-6H2,1-2H3,(H2,15,16,17,18). The van der Waals surface area contributed by atoms with Gasteiger partial charge in [-0.1, -0.05) is 19.8 Å². The first-order valence-corrected chi connectivity index (χ1v) is 6.81. The van der Waals surface area contributed by atoms with Crippen LogP contribution in [0.5, 0.6) is 0 Å². The van der Waals surface area contributed by atoms with Gasteiger partial charge in [-0.2, -0.15) is 0 Å². The zero-order chi connectivity index (χ0) is 12.5. The Morgan fingerprint density at radius 1 is 1.28 bits per heavy atom. The van der Waals surface area contributed by atoms with Crippen molar-refractivity contribution in [3.05, 3.63) is 18.1 Å². The van der Waals surface area contributed by atoms with Gasteiger partial charge in [0.15, 0.2) is 0 Å². The fourth-order valence-electron chi connectivity index (χ4n) is 2.89. The minimum atomic E-state index is 0.548. The smallest absolute Gasteiger partial charge is 0.143 e. The zero-order valence-electron chi connectivity index (χ0n) is 11.0. The maximum atomic E-state index is 4.41. The largest absolute Gasteiger partial charge is 0.366 e. The molecule has 0 radical (unpaired) electrons. The van der Waals surface area contributed by atoms with Gasteiger partial charge in [0, 0.05) is 11.7 Å². The van der Waals surface area contributed by atoms with E-state index in [1.165, 1.54) is 25.7 Å². The van der Waals surface area contributed by atoms with Crippen LogP contribution in [0.1, 0.15) is 38.3 Å². The highest BCUT2D eigenvalue weighted by Gasteiger charge is 2.22. The molecule has 2 heterocycles. The Morgan fingerprint density at radius 3 is 2.94 bits per heavy atom. The summed E-state index contributed by atoms with van der Waals surface area (Å²) in [5.74, 6) is 1.70. The average Bonchev–Trinajstić information content (AvgIpc) is 2.73. The molecule has 0 aromatic carbocycles. The number of nitrogens with zero attached hydrogens (tertiary/aromatic N) is 2. The molecule has 2 atom stereocenters. The van der Waals surface area contributed by atoms with E-state index < -0.39 is 0 Å². The summed E-state index contributed by atoms with van der Waals surface area (Å²) in [6, 6.07) is 2.66. The van der Waals surface area contributed by atoms with Crippen molar-refractivity contribution in [2.75, 3.05) is 5.32 Å². The Balaban J connectivity index is 1.89. The molecule has 18 heavy (non-hydrogen) atoms. The first kappa shape index (κ1) is 11.5. The number of rotatable bonds is 2. The Morgan fingerprint density at radius 2 is 2.11 bits per heavy atom. The molecule has 1 saturated carbocycles. The molecule has 4 heteroatoms. The van der Waals surface area contributed by atoms with Crippen LogP contribution in [0.2, 0.25) is 0 Å². The van der Waals surface area contributed by atoms with Gasteiger partial charge in [0.1, 0.15) is 17.8 Å². The van der Waals surface area contributed by atoms with Crippen molar-refractivity contribution < 1.29 is 0 Å². The normalized spacial score (nSPS) is 24.3. The van der Waals surface area contributed by atoms with Gasteiger partial charge >= 0.3 is 0 Å². The summed E-state index contributed by atoms with van der Waals surface area (Å²) in [7, 11) is 0. The van der Waals surface area contributed by atoms with Crippen molar-refractivity contribution in [3.8, 4) is 0 Å². The first-order chi connectivity index (χ1) is 8.74. The lowest BCUT2D eigenvalue weighted by molar-refractivity contribution is 0.349. The number of aryl methyl sites for hydroxylation is 1. The highest BCUT2D eigenvalue weighted by atomic mass is 15.1. The average molecular weight is 244 g/mol. The van der Waals surface area contributed by atoms with Crippen molar-refractivity contribution in [2.24, 2.45) is 5.92 Å². The lowest BCUT2D eigenvalue weighted by Gasteiger charge is -2.30. The molecular formula is C14H20N4. The Labute approximate surface area is 107 Å². The Kier molecular flexibility index (Phi) is 2.94. The van der Waals surface area contributed by atoms with Gasteiger partial charge in [-0.25, -0.2) is 9.97 Å². The van der Waals surface area contributed by atoms with Gasteiger partial charge in [0.05, 0.1) is 5.39 Å². The van der Waals surface area contributed by atoms with Crippen LogP contribution in [0.4, 0.5) is 5.82 Å². The monoisotopic (exact) mass is 244 g/mol. The van der Waals surface area contributed by atoms with Gasteiger partial charge in [0.25, 0.3) is 0 Å². The topological polar surface area (TPSA) is 53.6 Å². The minimum absolute atomic E-state index is 0.548. The van der Waals surface area contributed by atoms with Gasteiger partial charge in [-0.15, -0.1) is 0 Å². The van der Waals surface area contributed by atoms with E-state index in [-0.39, 0.29) is 0 Å². The Bertz CT molecular complexity index is 546. The molecule has 2 unspecified atom stereocenters. The molecule has 0 spiro atoms. The van der Waals surface area contributed by atoms with E-state index in [0.717, 1.165) is 28.5 Å². The van der Waals surface area contributed by atoms with Crippen molar-refractivity contribution >= 4 is 16.9 Å². The molecule has 2 N–H and O–H groups in total. The number of hydrogen-bond donors (Lipinski definition) is 2. The van der Waals surface area contributed by atoms with E-state index in [1.807, 2.05) is 0 Å². The number of anilines is 1. The zero-order valence-corrected chi connectivity index (χ0v) is 11.0. The molecule has 0 amide bonds. The van der Waals surface area contributed by atoms with E-state index in [9.17, 15) is 0 Å². The predicted molar refractivity (Wildman–Crippen MR) is 73.7 cm³/mol. The van der Waals surface area contributed by atoms with Gasteiger partial charge in [-0.05, 0) is 31.7 Å². The molecule has 1 aliphatic carbocycles. The van der Waals surface area contributed by atoms with E-state index in [1.54, 1.807) is 6.33 Å². The summed E-state index contributed by atoms with van der Waals surface area (Å²) in [6.07, 6.45) is 6.88. The van der Waals surface area contributed by atoms with Gasteiger partial charge in [-0.3, -0.25) is 0 Å². The molecule has 0 aliphatic heterocycles. The third-order valence-corrected chi connectivity index (χ3v) is 3.99. The van der Waals surface area contributed by atoms with Crippen LogP contribution in [0, 0.1) is 12.8 Å². The van der Waals surface area contributed by atoms with E-state index in [0.29, 0.717) is 6.04 Å². The van der Waals surface area contributed by atoms with Crippen LogP contribution in [-0.2, 0) is 0 Å². The third kappa shape index (κ3) is 2.07. The van der Waals surface area contributed by atoms with Crippen molar-refractivity contribution in [2.45, 2.75) is 45.6 Å². The summed E-state index contributed by atoms with van der Waals surface area (Å²) in [5, 5.41) is 4.72. The fourth-order valence-corrected chi connectivity index (χ4v) is 2.89. The quantitative estimate of drug-likeness (QED) is 0.852. The van der Waals surface area contributed by atoms with Crippen LogP contribution < -0.4 is 5.32 Å². The minimum Gasteiger partial charge on any atom is -0.366 e. The molecule has 3 rings (SSSR count). The van der Waals surface area contributed by atoms with Crippen LogP contribution in [-0.4, -0.2) is 21.0 Å². The molecule has 2 aromatic rings. The maximum absolute atomic E-state index is 4.41. The second kappa shape index (κ2) is 4.59. The molecule has 96 valence electrons. The molecule has 0 bridgehead atoms. The molecular weight excluding hydrogens is 224 g/mol. The number of aromatic nitrogens is 3. The first-order valence-electron chi connectivity index (χ1n) is 6.81. The molecule has 1 fully saturated rings. The second-order valence-electron chi connectivity index (χ2n) is 5.45. The number of H-pyrrole nitrogens is 1. The summed E-state index contributed by atoms with van der Waals surface area (Å²) < 4.78 is 0. The third-order valence-electron chi connectivity index (χ3n) is 3.99. The van der Waals surface area contributed by atoms with Gasteiger partial charge < -0.3 is 10.3 Å². The number of nitrogens with one attached hydrogen (secondary N) is 2. The lowest BCUT2D eigenvalue weighted by Crippen LogP contribution is -2.30. The number of aromatic amines is 1. The fraction of sp³-hybridized carbons (Fsp3) is 0.571. The van der Waals surface area contributed by atoms with E-state index in [4.69, 9.17) is 0 Å². The van der Waals surface area contributed by atoms with Crippen LogP contribution in [0.25, 0.3) is 11.0 Å². The second-order valence-corrected chi connectivity index (χ2v) is 5.45. The van der Waals surface area contributed by atoms with Crippen LogP contribution in [0.3, 0.4) is 0 Å². The van der Waals surface area contributed by atoms with Crippen molar-refractivity contribution in [1.29, 1.82) is 0 Å². The molecule has 0 saturated heterocycles. The van der Waals surface area contributed by atoms with E-state index >= 15 is 0 Å². The van der Waals surface area contributed by atoms with Crippen molar-refractivity contribution in [3.63, 3.8) is 0 Å². The molecule has 4 nitrogen and oxygen atoms in total. The highest BCUT2D eigenvalue weighted by Crippen LogP contribution is 2.28. The summed E-state index contributed by atoms with van der Waals surface area (Å²) >= 11 is 0. The summed E-state index contributed by atoms with van der Waals surface area (Å²) in [5.41, 5.74) is 2.05. The van der Waals surface area contributed by atoms with Gasteiger partial charge in [0.2, 0.25) is 0 Å². The highest BCUT2D eigenvalue weighted by molar-refractivity contribution is 5.87. The molecule has 2 aromatic heterocycles. The Hall–Kier alpha value is -1.58. The number of hydrogen-bond acceptors (Lipinski definition) is 3. The maximum Gasteiger partial charge on any atom is 0.143 e. The van der Waals surface area contributed by atoms with Crippen LogP contribution >= 0.6 is 0 Å². The summed E-state index contributed by atoms with van der Waals surface area (Å²) in [6.45, 7) is 4.38. The summed E-state index contributed by atoms with van der Waals surface area (Å²) in [4.78, 5) is 11.9. The number of fused-ring (bicyclic) bond motifs is 1. The predicted octanol–water partition coefficient (Wildman–Crippen LogP) is 3.26. The molecule has 1 aliphatic rings. The van der Waals surface area contributed by atoms with Crippen molar-refractivity contribution in [1.82, 2.24) is 15.0 Å². The van der Waals surface area contributed by atoms with Crippen LogP contribution in [0.15, 0.2) is 12.4 Å². The van der Waals surface area contributed by atoms with E-state index in [2.05, 4.69) is 40.2 Å². The SMILES string of the molecule is Cc1cc2c(NC3CCCCC3C)ncnc2[nH]1. The lowest BCUT2D eigenvalue weighted by atomic mass is 9.86.